The summed E-state index contributed by atoms with van der Waals surface area (Å²) < 4.78 is 39.2. The van der Waals surface area contributed by atoms with E-state index in [1.807, 2.05) is 0 Å². The third kappa shape index (κ3) is 4.58. The first kappa shape index (κ1) is 13.1. The molecular weight excluding hydrogens is 237 g/mol. The van der Waals surface area contributed by atoms with Crippen LogP contribution in [0.2, 0.25) is 0 Å². The molecule has 0 aromatic heterocycles. The largest absolute Gasteiger partial charge is 0.573 e. The summed E-state index contributed by atoms with van der Waals surface area (Å²) in [5.74, 6) is -1.43. The Bertz CT molecular complexity index is 432. The molecule has 17 heavy (non-hydrogen) atoms. The lowest BCUT2D eigenvalue weighted by Gasteiger charge is -2.08. The van der Waals surface area contributed by atoms with E-state index in [4.69, 9.17) is 5.11 Å². The number of benzene rings is 1. The summed E-state index contributed by atoms with van der Waals surface area (Å²) in [6.07, 6.45) is -3.38. The van der Waals surface area contributed by atoms with Crippen LogP contribution in [0.25, 0.3) is 6.08 Å². The Morgan fingerprint density at radius 2 is 1.82 bits per heavy atom. The Balaban J connectivity index is 2.82. The number of carbonyl (C=O) groups is 1. The molecule has 1 N–H and O–H groups in total. The third-order valence-corrected chi connectivity index (χ3v) is 1.83. The van der Waals surface area contributed by atoms with Crippen LogP contribution < -0.4 is 4.74 Å². The topological polar surface area (TPSA) is 46.5 Å². The van der Waals surface area contributed by atoms with Crippen LogP contribution in [0.3, 0.4) is 0 Å². The standard InChI is InChI=1S/C11H9F3O3/c1-7(10(15)16)6-8-2-4-9(5-3-8)17-11(12,13)14/h2-6H,1H3,(H,15,16)/b7-6+. The summed E-state index contributed by atoms with van der Waals surface area (Å²) in [5.41, 5.74) is 0.578. The first-order valence-corrected chi connectivity index (χ1v) is 4.55. The Kier molecular flexibility index (Phi) is 3.77. The molecule has 1 rings (SSSR count). The molecule has 0 bridgehead atoms. The lowest BCUT2D eigenvalue weighted by atomic mass is 10.1. The zero-order valence-electron chi connectivity index (χ0n) is 8.78. The van der Waals surface area contributed by atoms with E-state index in [1.165, 1.54) is 25.1 Å². The van der Waals surface area contributed by atoms with Gasteiger partial charge in [0, 0.05) is 5.57 Å². The molecule has 0 radical (unpaired) electrons. The molecule has 0 atom stereocenters. The SMILES string of the molecule is C/C(=C\c1ccc(OC(F)(F)F)cc1)C(=O)O. The van der Waals surface area contributed by atoms with Gasteiger partial charge >= 0.3 is 12.3 Å². The van der Waals surface area contributed by atoms with Crippen LogP contribution in [-0.4, -0.2) is 17.4 Å². The Hall–Kier alpha value is -1.98. The zero-order chi connectivity index (χ0) is 13.1. The van der Waals surface area contributed by atoms with E-state index in [-0.39, 0.29) is 11.3 Å². The van der Waals surface area contributed by atoms with E-state index in [2.05, 4.69) is 4.74 Å². The van der Waals surface area contributed by atoms with Crippen molar-refractivity contribution in [3.8, 4) is 5.75 Å². The summed E-state index contributed by atoms with van der Waals surface area (Å²) in [5, 5.41) is 8.61. The average Bonchev–Trinajstić information content (AvgIpc) is 2.18. The molecule has 0 saturated heterocycles. The van der Waals surface area contributed by atoms with Gasteiger partial charge in [0.25, 0.3) is 0 Å². The van der Waals surface area contributed by atoms with Gasteiger partial charge in [-0.1, -0.05) is 12.1 Å². The number of aliphatic carboxylic acids is 1. The smallest absolute Gasteiger partial charge is 0.478 e. The van der Waals surface area contributed by atoms with Crippen molar-refractivity contribution in [3.05, 3.63) is 35.4 Å². The predicted molar refractivity (Wildman–Crippen MR) is 54.4 cm³/mol. The second-order valence-corrected chi connectivity index (χ2v) is 3.25. The number of alkyl halides is 3. The highest BCUT2D eigenvalue weighted by molar-refractivity contribution is 5.91. The number of rotatable bonds is 3. The van der Waals surface area contributed by atoms with E-state index in [1.54, 1.807) is 0 Å². The van der Waals surface area contributed by atoms with Crippen molar-refractivity contribution in [1.29, 1.82) is 0 Å². The molecule has 0 aliphatic carbocycles. The minimum Gasteiger partial charge on any atom is -0.478 e. The minimum absolute atomic E-state index is 0.0921. The van der Waals surface area contributed by atoms with E-state index < -0.39 is 12.3 Å². The number of ether oxygens (including phenoxy) is 1. The second kappa shape index (κ2) is 4.90. The molecule has 6 heteroatoms. The van der Waals surface area contributed by atoms with E-state index in [0.717, 1.165) is 12.1 Å². The van der Waals surface area contributed by atoms with Gasteiger partial charge in [-0.3, -0.25) is 0 Å². The van der Waals surface area contributed by atoms with Crippen LogP contribution in [0.15, 0.2) is 29.8 Å². The maximum Gasteiger partial charge on any atom is 0.573 e. The normalized spacial score (nSPS) is 12.4. The van der Waals surface area contributed by atoms with Crippen LogP contribution >= 0.6 is 0 Å². The summed E-state index contributed by atoms with van der Waals surface area (Å²) in [6.45, 7) is 1.39. The highest BCUT2D eigenvalue weighted by atomic mass is 19.4. The molecule has 0 heterocycles. The van der Waals surface area contributed by atoms with Gasteiger partial charge in [0.2, 0.25) is 0 Å². The van der Waals surface area contributed by atoms with Gasteiger partial charge in [0.1, 0.15) is 5.75 Å². The second-order valence-electron chi connectivity index (χ2n) is 3.25. The maximum atomic E-state index is 11.8. The van der Waals surface area contributed by atoms with E-state index in [9.17, 15) is 18.0 Å². The van der Waals surface area contributed by atoms with E-state index >= 15 is 0 Å². The zero-order valence-corrected chi connectivity index (χ0v) is 8.78. The van der Waals surface area contributed by atoms with Crippen LogP contribution in [0.1, 0.15) is 12.5 Å². The van der Waals surface area contributed by atoms with Gasteiger partial charge in [0.05, 0.1) is 0 Å². The molecule has 0 saturated carbocycles. The fourth-order valence-electron chi connectivity index (χ4n) is 1.08. The van der Waals surface area contributed by atoms with Crippen LogP contribution in [-0.2, 0) is 4.79 Å². The summed E-state index contributed by atoms with van der Waals surface area (Å²) in [6, 6.07) is 4.92. The molecule has 0 aliphatic heterocycles. The molecule has 1 aromatic rings. The molecule has 0 spiro atoms. The summed E-state index contributed by atoms with van der Waals surface area (Å²) in [7, 11) is 0. The number of carboxylic acid groups (broad SMARTS) is 1. The lowest BCUT2D eigenvalue weighted by molar-refractivity contribution is -0.274. The molecule has 0 unspecified atom stereocenters. The van der Waals surface area contributed by atoms with Gasteiger partial charge in [0.15, 0.2) is 0 Å². The fourth-order valence-corrected chi connectivity index (χ4v) is 1.08. The van der Waals surface area contributed by atoms with Crippen LogP contribution in [0, 0.1) is 0 Å². The highest BCUT2D eigenvalue weighted by Crippen LogP contribution is 2.23. The third-order valence-electron chi connectivity index (χ3n) is 1.83. The van der Waals surface area contributed by atoms with Crippen molar-refractivity contribution >= 4 is 12.0 Å². The maximum absolute atomic E-state index is 11.8. The number of hydrogen-bond acceptors (Lipinski definition) is 2. The molecule has 92 valence electrons. The van der Waals surface area contributed by atoms with Crippen LogP contribution in [0.5, 0.6) is 5.75 Å². The lowest BCUT2D eigenvalue weighted by Crippen LogP contribution is -2.16. The van der Waals surface area contributed by atoms with E-state index in [0.29, 0.717) is 5.56 Å². The monoisotopic (exact) mass is 246 g/mol. The molecule has 1 aromatic carbocycles. The van der Waals surface area contributed by atoms with Gasteiger partial charge in [-0.15, -0.1) is 13.2 Å². The first-order chi connectivity index (χ1) is 7.78. The highest BCUT2D eigenvalue weighted by Gasteiger charge is 2.30. The minimum atomic E-state index is -4.73. The average molecular weight is 246 g/mol. The Morgan fingerprint density at radius 1 is 1.29 bits per heavy atom. The van der Waals surface area contributed by atoms with Crippen molar-refractivity contribution in [1.82, 2.24) is 0 Å². The molecule has 0 fully saturated rings. The van der Waals surface area contributed by atoms with Crippen molar-refractivity contribution in [2.75, 3.05) is 0 Å². The molecule has 3 nitrogen and oxygen atoms in total. The quantitative estimate of drug-likeness (QED) is 0.833. The fraction of sp³-hybridized carbons (Fsp3) is 0.182. The summed E-state index contributed by atoms with van der Waals surface area (Å²) in [4.78, 5) is 10.5. The number of hydrogen-bond donors (Lipinski definition) is 1. The van der Waals surface area contributed by atoms with Gasteiger partial charge < -0.3 is 9.84 Å². The Morgan fingerprint density at radius 3 is 2.24 bits per heavy atom. The number of carboxylic acids is 1. The van der Waals surface area contributed by atoms with Gasteiger partial charge in [-0.05, 0) is 30.7 Å². The molecular formula is C11H9F3O3. The van der Waals surface area contributed by atoms with Crippen molar-refractivity contribution < 1.29 is 27.8 Å². The number of halogens is 3. The van der Waals surface area contributed by atoms with Crippen LogP contribution in [0.4, 0.5) is 13.2 Å². The predicted octanol–water partition coefficient (Wildman–Crippen LogP) is 3.07. The summed E-state index contributed by atoms with van der Waals surface area (Å²) >= 11 is 0. The molecule has 0 amide bonds. The van der Waals surface area contributed by atoms with Crippen molar-refractivity contribution in [2.24, 2.45) is 0 Å². The first-order valence-electron chi connectivity index (χ1n) is 4.55. The Labute approximate surface area is 95.1 Å². The van der Waals surface area contributed by atoms with Crippen molar-refractivity contribution in [2.45, 2.75) is 13.3 Å². The van der Waals surface area contributed by atoms with Gasteiger partial charge in [-0.2, -0.15) is 0 Å². The van der Waals surface area contributed by atoms with Gasteiger partial charge in [-0.25, -0.2) is 4.79 Å². The molecule has 0 aliphatic rings. The van der Waals surface area contributed by atoms with Crippen molar-refractivity contribution in [3.63, 3.8) is 0 Å².